The second-order valence-corrected chi connectivity index (χ2v) is 6.16. The van der Waals surface area contributed by atoms with Crippen LogP contribution in [0.2, 0.25) is 0 Å². The van der Waals surface area contributed by atoms with Gasteiger partial charge in [-0.05, 0) is 46.0 Å². The smallest absolute Gasteiger partial charge is 0.137 e. The maximum atomic E-state index is 13.0. The van der Waals surface area contributed by atoms with E-state index in [9.17, 15) is 9.50 Å². The molecular formula is C13H18BrFO2. The second kappa shape index (κ2) is 5.83. The maximum absolute atomic E-state index is 13.0. The van der Waals surface area contributed by atoms with Crippen LogP contribution in [0.25, 0.3) is 0 Å². The highest BCUT2D eigenvalue weighted by Gasteiger charge is 2.17. The second-order valence-electron chi connectivity index (χ2n) is 5.31. The van der Waals surface area contributed by atoms with Crippen LogP contribution in [0.3, 0.4) is 0 Å². The van der Waals surface area contributed by atoms with Crippen molar-refractivity contribution in [1.29, 1.82) is 0 Å². The number of halogens is 2. The fourth-order valence-electron chi connectivity index (χ4n) is 1.52. The van der Waals surface area contributed by atoms with E-state index in [0.29, 0.717) is 16.6 Å². The Labute approximate surface area is 110 Å². The fourth-order valence-corrected chi connectivity index (χ4v) is 1.88. The SMILES string of the molecule is CC(C)(C)C[C@@H](O)COc1ccc(F)c(Br)c1. The number of aliphatic hydroxyl groups excluding tert-OH is 1. The summed E-state index contributed by atoms with van der Waals surface area (Å²) in [4.78, 5) is 0. The van der Waals surface area contributed by atoms with Crippen molar-refractivity contribution in [2.75, 3.05) is 6.61 Å². The number of hydrogen-bond donors (Lipinski definition) is 1. The van der Waals surface area contributed by atoms with E-state index in [0.717, 1.165) is 0 Å². The molecule has 0 spiro atoms. The summed E-state index contributed by atoms with van der Waals surface area (Å²) in [6, 6.07) is 4.43. The Balaban J connectivity index is 2.47. The molecule has 0 heterocycles. The standard InChI is InChI=1S/C13H18BrFO2/c1-13(2,3)7-9(16)8-17-10-4-5-12(15)11(14)6-10/h4-6,9,16H,7-8H2,1-3H3/t9-/m1/s1. The van der Waals surface area contributed by atoms with E-state index in [4.69, 9.17) is 4.74 Å². The first-order valence-corrected chi connectivity index (χ1v) is 6.33. The Morgan fingerprint density at radius 1 is 1.41 bits per heavy atom. The highest BCUT2D eigenvalue weighted by Crippen LogP contribution is 2.23. The molecule has 0 aliphatic carbocycles. The van der Waals surface area contributed by atoms with Gasteiger partial charge in [-0.1, -0.05) is 20.8 Å². The molecule has 4 heteroatoms. The lowest BCUT2D eigenvalue weighted by atomic mass is 9.89. The Morgan fingerprint density at radius 3 is 2.59 bits per heavy atom. The van der Waals surface area contributed by atoms with Crippen molar-refractivity contribution in [2.45, 2.75) is 33.3 Å². The summed E-state index contributed by atoms with van der Waals surface area (Å²) in [6.07, 6.45) is 0.147. The molecule has 0 aromatic heterocycles. The van der Waals surface area contributed by atoms with Crippen molar-refractivity contribution < 1.29 is 14.2 Å². The van der Waals surface area contributed by atoms with E-state index in [-0.39, 0.29) is 17.8 Å². The summed E-state index contributed by atoms with van der Waals surface area (Å²) in [5, 5.41) is 9.76. The highest BCUT2D eigenvalue weighted by atomic mass is 79.9. The maximum Gasteiger partial charge on any atom is 0.137 e. The number of ether oxygens (including phenoxy) is 1. The molecule has 0 aliphatic rings. The first-order chi connectivity index (χ1) is 7.78. The van der Waals surface area contributed by atoms with Crippen LogP contribution in [0.4, 0.5) is 4.39 Å². The van der Waals surface area contributed by atoms with Crippen LogP contribution >= 0.6 is 15.9 Å². The minimum atomic E-state index is -0.515. The van der Waals surface area contributed by atoms with Crippen molar-refractivity contribution in [3.05, 3.63) is 28.5 Å². The third kappa shape index (κ3) is 5.50. The van der Waals surface area contributed by atoms with Crippen LogP contribution in [-0.4, -0.2) is 17.8 Å². The Morgan fingerprint density at radius 2 is 2.06 bits per heavy atom. The zero-order chi connectivity index (χ0) is 13.1. The van der Waals surface area contributed by atoms with E-state index in [1.807, 2.05) is 0 Å². The summed E-state index contributed by atoms with van der Waals surface area (Å²) in [6.45, 7) is 6.40. The van der Waals surface area contributed by atoms with Gasteiger partial charge in [0.2, 0.25) is 0 Å². The first-order valence-electron chi connectivity index (χ1n) is 5.54. The van der Waals surface area contributed by atoms with Gasteiger partial charge < -0.3 is 9.84 Å². The topological polar surface area (TPSA) is 29.5 Å². The average molecular weight is 305 g/mol. The zero-order valence-electron chi connectivity index (χ0n) is 10.3. The lowest BCUT2D eigenvalue weighted by molar-refractivity contribution is 0.0710. The lowest BCUT2D eigenvalue weighted by Crippen LogP contribution is -2.23. The number of benzene rings is 1. The molecule has 17 heavy (non-hydrogen) atoms. The molecule has 2 nitrogen and oxygen atoms in total. The van der Waals surface area contributed by atoms with Crippen molar-refractivity contribution in [1.82, 2.24) is 0 Å². The van der Waals surface area contributed by atoms with Gasteiger partial charge in [0, 0.05) is 0 Å². The van der Waals surface area contributed by atoms with E-state index in [2.05, 4.69) is 36.7 Å². The van der Waals surface area contributed by atoms with Crippen LogP contribution in [0.1, 0.15) is 27.2 Å². The minimum Gasteiger partial charge on any atom is -0.491 e. The largest absolute Gasteiger partial charge is 0.491 e. The van der Waals surface area contributed by atoms with Crippen molar-refractivity contribution in [2.24, 2.45) is 5.41 Å². The Hall–Kier alpha value is -0.610. The number of hydrogen-bond acceptors (Lipinski definition) is 2. The van der Waals surface area contributed by atoms with Crippen LogP contribution in [0.5, 0.6) is 5.75 Å². The molecule has 0 bridgehead atoms. The number of aliphatic hydroxyl groups is 1. The predicted molar refractivity (Wildman–Crippen MR) is 69.7 cm³/mol. The monoisotopic (exact) mass is 304 g/mol. The van der Waals surface area contributed by atoms with E-state index in [1.165, 1.54) is 6.07 Å². The van der Waals surface area contributed by atoms with Crippen LogP contribution in [0, 0.1) is 11.2 Å². The molecule has 1 atom stereocenters. The van der Waals surface area contributed by atoms with Gasteiger partial charge in [-0.3, -0.25) is 0 Å². The Kier molecular flexibility index (Phi) is 4.95. The van der Waals surface area contributed by atoms with Gasteiger partial charge in [0.25, 0.3) is 0 Å². The van der Waals surface area contributed by atoms with Crippen molar-refractivity contribution in [3.63, 3.8) is 0 Å². The summed E-state index contributed by atoms with van der Waals surface area (Å²) < 4.78 is 18.7. The summed E-state index contributed by atoms with van der Waals surface area (Å²) >= 11 is 3.08. The molecular weight excluding hydrogens is 287 g/mol. The van der Waals surface area contributed by atoms with Gasteiger partial charge >= 0.3 is 0 Å². The van der Waals surface area contributed by atoms with Crippen molar-refractivity contribution >= 4 is 15.9 Å². The Bertz CT molecular complexity index is 374. The molecule has 96 valence electrons. The summed E-state index contributed by atoms with van der Waals surface area (Å²) in [7, 11) is 0. The van der Waals surface area contributed by atoms with Gasteiger partial charge in [-0.15, -0.1) is 0 Å². The summed E-state index contributed by atoms with van der Waals surface area (Å²) in [5.41, 5.74) is 0.0617. The molecule has 0 fully saturated rings. The summed E-state index contributed by atoms with van der Waals surface area (Å²) in [5.74, 6) is 0.221. The van der Waals surface area contributed by atoms with Crippen LogP contribution in [0.15, 0.2) is 22.7 Å². The molecule has 0 saturated carbocycles. The molecule has 1 aromatic rings. The van der Waals surface area contributed by atoms with E-state index >= 15 is 0 Å². The normalized spacial score (nSPS) is 13.5. The highest BCUT2D eigenvalue weighted by molar-refractivity contribution is 9.10. The molecule has 0 unspecified atom stereocenters. The molecule has 1 aromatic carbocycles. The third-order valence-corrected chi connectivity index (χ3v) is 2.79. The zero-order valence-corrected chi connectivity index (χ0v) is 11.9. The van der Waals surface area contributed by atoms with Crippen LogP contribution < -0.4 is 4.74 Å². The molecule has 0 radical (unpaired) electrons. The molecule has 0 amide bonds. The third-order valence-electron chi connectivity index (χ3n) is 2.18. The fraction of sp³-hybridized carbons (Fsp3) is 0.538. The molecule has 0 saturated heterocycles. The van der Waals surface area contributed by atoms with Gasteiger partial charge in [0.15, 0.2) is 0 Å². The first kappa shape index (κ1) is 14.5. The minimum absolute atomic E-state index is 0.0617. The van der Waals surface area contributed by atoms with Gasteiger partial charge in [0.1, 0.15) is 18.2 Å². The van der Waals surface area contributed by atoms with Crippen LogP contribution in [-0.2, 0) is 0 Å². The van der Waals surface area contributed by atoms with Gasteiger partial charge in [0.05, 0.1) is 10.6 Å². The van der Waals surface area contributed by atoms with Gasteiger partial charge in [-0.25, -0.2) is 4.39 Å². The van der Waals surface area contributed by atoms with Crippen molar-refractivity contribution in [3.8, 4) is 5.75 Å². The lowest BCUT2D eigenvalue weighted by Gasteiger charge is -2.22. The van der Waals surface area contributed by atoms with E-state index < -0.39 is 6.10 Å². The quantitative estimate of drug-likeness (QED) is 0.917. The predicted octanol–water partition coefficient (Wildman–Crippen LogP) is 3.76. The molecule has 1 N–H and O–H groups in total. The molecule has 0 aliphatic heterocycles. The molecule has 1 rings (SSSR count). The average Bonchev–Trinajstić information content (AvgIpc) is 2.17. The number of rotatable bonds is 4. The van der Waals surface area contributed by atoms with E-state index in [1.54, 1.807) is 12.1 Å². The van der Waals surface area contributed by atoms with Gasteiger partial charge in [-0.2, -0.15) is 0 Å².